The van der Waals surface area contributed by atoms with E-state index in [4.69, 9.17) is 0 Å². The predicted molar refractivity (Wildman–Crippen MR) is 121 cm³/mol. The van der Waals surface area contributed by atoms with E-state index in [0.717, 1.165) is 48.1 Å². The number of anilines is 1. The first kappa shape index (κ1) is 21.6. The Morgan fingerprint density at radius 3 is 2.16 bits per heavy atom. The minimum absolute atomic E-state index is 0.136. The number of fused-ring (bicyclic) bond motifs is 2. The van der Waals surface area contributed by atoms with Gasteiger partial charge in [-0.25, -0.2) is 4.79 Å². The second kappa shape index (κ2) is 7.50. The Hall–Kier alpha value is -2.63. The van der Waals surface area contributed by atoms with E-state index in [0.29, 0.717) is 0 Å². The minimum atomic E-state index is -0.684. The summed E-state index contributed by atoms with van der Waals surface area (Å²) in [5, 5.41) is 2.95. The molecule has 0 unspecified atom stereocenters. The van der Waals surface area contributed by atoms with E-state index in [9.17, 15) is 14.4 Å². The molecule has 3 aliphatic rings. The van der Waals surface area contributed by atoms with E-state index in [1.54, 1.807) is 11.8 Å². The molecular weight excluding hydrogens is 390 g/mol. The van der Waals surface area contributed by atoms with Crippen molar-refractivity contribution < 1.29 is 14.4 Å². The van der Waals surface area contributed by atoms with Crippen molar-refractivity contribution >= 4 is 29.1 Å². The average molecular weight is 424 g/mol. The molecule has 1 saturated heterocycles. The number of carbonyl (C=O) groups is 3. The van der Waals surface area contributed by atoms with Crippen molar-refractivity contribution in [3.8, 4) is 0 Å². The summed E-state index contributed by atoms with van der Waals surface area (Å²) in [6.07, 6.45) is 4.91. The van der Waals surface area contributed by atoms with Crippen LogP contribution in [0, 0.1) is 25.7 Å². The largest absolute Gasteiger partial charge is 0.324 e. The lowest BCUT2D eigenvalue weighted by molar-refractivity contribution is -0.142. The van der Waals surface area contributed by atoms with Crippen LogP contribution in [0.2, 0.25) is 0 Å². The number of urea groups is 1. The molecule has 4 amide bonds. The van der Waals surface area contributed by atoms with Crippen LogP contribution in [0.4, 0.5) is 10.5 Å². The van der Waals surface area contributed by atoms with Gasteiger partial charge in [0.25, 0.3) is 0 Å². The fourth-order valence-electron chi connectivity index (χ4n) is 5.53. The van der Waals surface area contributed by atoms with Crippen LogP contribution in [0.15, 0.2) is 18.2 Å². The second-order valence-electron chi connectivity index (χ2n) is 9.94. The van der Waals surface area contributed by atoms with Crippen molar-refractivity contribution in [2.24, 2.45) is 11.8 Å². The van der Waals surface area contributed by atoms with Gasteiger partial charge in [0.2, 0.25) is 11.8 Å². The molecule has 1 N–H and O–H groups in total. The summed E-state index contributed by atoms with van der Waals surface area (Å²) >= 11 is 0. The van der Waals surface area contributed by atoms with E-state index >= 15 is 0 Å². The van der Waals surface area contributed by atoms with Gasteiger partial charge >= 0.3 is 6.03 Å². The maximum absolute atomic E-state index is 13.5. The molecule has 0 bridgehead atoms. The highest BCUT2D eigenvalue weighted by atomic mass is 16.2. The van der Waals surface area contributed by atoms with Gasteiger partial charge < -0.3 is 5.32 Å². The second-order valence-corrected chi connectivity index (χ2v) is 9.94. The van der Waals surface area contributed by atoms with Crippen LogP contribution in [0.5, 0.6) is 0 Å². The molecule has 4 rings (SSSR count). The van der Waals surface area contributed by atoms with Crippen LogP contribution in [0.3, 0.4) is 0 Å². The van der Waals surface area contributed by atoms with Crippen LogP contribution in [-0.2, 0) is 9.59 Å². The van der Waals surface area contributed by atoms with Gasteiger partial charge in [-0.3, -0.25) is 19.4 Å². The molecule has 3 atom stereocenters. The Bertz CT molecular complexity index is 970. The summed E-state index contributed by atoms with van der Waals surface area (Å²) in [5.74, 6) is -0.709. The monoisotopic (exact) mass is 423 g/mol. The van der Waals surface area contributed by atoms with Gasteiger partial charge in [-0.15, -0.1) is 0 Å². The first-order chi connectivity index (χ1) is 14.5. The molecule has 0 radical (unpaired) electrons. The fraction of sp³-hybridized carbons (Fsp3) is 0.560. The lowest BCUT2D eigenvalue weighted by Crippen LogP contribution is -2.58. The molecule has 1 saturated carbocycles. The van der Waals surface area contributed by atoms with Crippen molar-refractivity contribution in [2.45, 2.75) is 78.9 Å². The van der Waals surface area contributed by atoms with Crippen LogP contribution < -0.4 is 10.2 Å². The van der Waals surface area contributed by atoms with Crippen molar-refractivity contribution in [1.29, 1.82) is 0 Å². The summed E-state index contributed by atoms with van der Waals surface area (Å²) in [5.41, 5.74) is 4.76. The standard InChI is InChI=1S/C25H33N3O3/c1-14-11-20-16(3)13-25(5,6)28(21(20)12-15(14)2)24(31)26-17(4)27-22(29)18-9-7-8-10-19(18)23(27)30/h11-13,17-19H,7-10H2,1-6H3,(H,26,31)/t17-,18-,19-/m0/s1. The number of imide groups is 1. The molecular formula is C25H33N3O3. The molecule has 2 fully saturated rings. The quantitative estimate of drug-likeness (QED) is 0.710. The minimum Gasteiger partial charge on any atom is -0.317 e. The Morgan fingerprint density at radius 2 is 1.58 bits per heavy atom. The molecule has 166 valence electrons. The van der Waals surface area contributed by atoms with Gasteiger partial charge in [-0.05, 0) is 83.2 Å². The van der Waals surface area contributed by atoms with E-state index in [1.807, 2.05) is 26.8 Å². The lowest BCUT2D eigenvalue weighted by Gasteiger charge is -2.42. The highest BCUT2D eigenvalue weighted by Crippen LogP contribution is 2.41. The molecule has 31 heavy (non-hydrogen) atoms. The summed E-state index contributed by atoms with van der Waals surface area (Å²) in [4.78, 5) is 42.4. The zero-order chi connectivity index (χ0) is 22.7. The van der Waals surface area contributed by atoms with E-state index < -0.39 is 11.7 Å². The Morgan fingerprint density at radius 1 is 1.03 bits per heavy atom. The molecule has 1 aromatic carbocycles. The SMILES string of the molecule is CC1=CC(C)(C)N(C(=O)N[C@H](C)N2C(=O)[C@H]3CCCC[C@@H]3C2=O)c2cc(C)c(C)cc21. The third-order valence-corrected chi connectivity index (χ3v) is 7.22. The van der Waals surface area contributed by atoms with E-state index in [-0.39, 0.29) is 29.7 Å². The van der Waals surface area contributed by atoms with E-state index in [2.05, 4.69) is 31.3 Å². The third kappa shape index (κ3) is 3.46. The number of nitrogens with zero attached hydrogens (tertiary/aromatic N) is 2. The molecule has 0 spiro atoms. The number of hydrogen-bond acceptors (Lipinski definition) is 3. The van der Waals surface area contributed by atoms with Crippen LogP contribution >= 0.6 is 0 Å². The highest BCUT2D eigenvalue weighted by molar-refractivity contribution is 6.06. The number of carbonyl (C=O) groups excluding carboxylic acids is 3. The van der Waals surface area contributed by atoms with Gasteiger partial charge in [-0.2, -0.15) is 0 Å². The summed E-state index contributed by atoms with van der Waals surface area (Å²) in [6, 6.07) is 3.86. The number of allylic oxidation sites excluding steroid dienone is 1. The summed E-state index contributed by atoms with van der Waals surface area (Å²) in [7, 11) is 0. The third-order valence-electron chi connectivity index (χ3n) is 7.22. The predicted octanol–water partition coefficient (Wildman–Crippen LogP) is 4.54. The molecule has 6 nitrogen and oxygen atoms in total. The zero-order valence-electron chi connectivity index (χ0n) is 19.4. The number of rotatable bonds is 2. The molecule has 0 aromatic heterocycles. The van der Waals surface area contributed by atoms with Crippen molar-refractivity contribution in [2.75, 3.05) is 4.90 Å². The van der Waals surface area contributed by atoms with Gasteiger partial charge in [0, 0.05) is 5.56 Å². The summed E-state index contributed by atoms with van der Waals surface area (Å²) < 4.78 is 0. The topological polar surface area (TPSA) is 69.7 Å². The maximum atomic E-state index is 13.5. The smallest absolute Gasteiger partial charge is 0.317 e. The van der Waals surface area contributed by atoms with Gasteiger partial charge in [-0.1, -0.05) is 18.9 Å². The van der Waals surface area contributed by atoms with Crippen molar-refractivity contribution in [1.82, 2.24) is 10.2 Å². The number of hydrogen-bond donors (Lipinski definition) is 1. The van der Waals surface area contributed by atoms with Crippen LogP contribution in [0.25, 0.3) is 5.57 Å². The number of likely N-dealkylation sites (tertiary alicyclic amines) is 1. The van der Waals surface area contributed by atoms with Gasteiger partial charge in [0.1, 0.15) is 6.17 Å². The summed E-state index contributed by atoms with van der Waals surface area (Å²) in [6.45, 7) is 11.9. The molecule has 2 heterocycles. The molecule has 1 aromatic rings. The Kier molecular flexibility index (Phi) is 5.23. The van der Waals surface area contributed by atoms with E-state index in [1.165, 1.54) is 10.5 Å². The normalized spacial score (nSPS) is 25.7. The van der Waals surface area contributed by atoms with Crippen LogP contribution in [0.1, 0.15) is 70.1 Å². The highest BCUT2D eigenvalue weighted by Gasteiger charge is 2.50. The first-order valence-corrected chi connectivity index (χ1v) is 11.3. The Labute approximate surface area is 184 Å². The average Bonchev–Trinajstić information content (AvgIpc) is 2.94. The van der Waals surface area contributed by atoms with Crippen molar-refractivity contribution in [3.05, 3.63) is 34.9 Å². The number of aryl methyl sites for hydroxylation is 2. The first-order valence-electron chi connectivity index (χ1n) is 11.3. The zero-order valence-corrected chi connectivity index (χ0v) is 19.4. The Balaban J connectivity index is 1.62. The molecule has 6 heteroatoms. The molecule has 2 aliphatic heterocycles. The molecule has 1 aliphatic carbocycles. The maximum Gasteiger partial charge on any atom is 0.324 e. The lowest BCUT2D eigenvalue weighted by atomic mass is 9.81. The number of amides is 4. The van der Waals surface area contributed by atoms with Crippen LogP contribution in [-0.4, -0.2) is 34.5 Å². The van der Waals surface area contributed by atoms with Gasteiger partial charge in [0.15, 0.2) is 0 Å². The van der Waals surface area contributed by atoms with Crippen molar-refractivity contribution in [3.63, 3.8) is 0 Å². The van der Waals surface area contributed by atoms with Gasteiger partial charge in [0.05, 0.1) is 23.1 Å². The number of nitrogens with one attached hydrogen (secondary N) is 1. The fourth-order valence-corrected chi connectivity index (χ4v) is 5.53. The number of benzene rings is 1.